The predicted molar refractivity (Wildman–Crippen MR) is 54.0 cm³/mol. The first-order valence-corrected chi connectivity index (χ1v) is 4.81. The monoisotopic (exact) mass is 192 g/mol. The summed E-state index contributed by atoms with van der Waals surface area (Å²) in [6.45, 7) is 0. The predicted octanol–water partition coefficient (Wildman–Crippen LogP) is -0.262. The fourth-order valence-corrected chi connectivity index (χ4v) is 1.77. The Kier molecular flexibility index (Phi) is 2.35. The smallest absolute Gasteiger partial charge is 0.423 e. The van der Waals surface area contributed by atoms with Crippen molar-refractivity contribution in [2.45, 2.75) is 24.9 Å². The Morgan fingerprint density at radius 1 is 1.07 bits per heavy atom. The van der Waals surface area contributed by atoms with Crippen molar-refractivity contribution in [2.75, 3.05) is 0 Å². The van der Waals surface area contributed by atoms with Crippen molar-refractivity contribution in [3.8, 4) is 0 Å². The zero-order valence-corrected chi connectivity index (χ0v) is 7.85. The van der Waals surface area contributed by atoms with E-state index in [0.29, 0.717) is 5.46 Å². The summed E-state index contributed by atoms with van der Waals surface area (Å²) in [7, 11) is -1.43. The molecule has 0 bridgehead atoms. The Balaban J connectivity index is 2.21. The van der Waals surface area contributed by atoms with Gasteiger partial charge in [0.2, 0.25) is 0 Å². The van der Waals surface area contributed by atoms with Gasteiger partial charge in [0.05, 0.1) is 5.60 Å². The molecule has 4 heteroatoms. The molecule has 74 valence electrons. The third kappa shape index (κ3) is 1.56. The van der Waals surface area contributed by atoms with Crippen molar-refractivity contribution in [3.05, 3.63) is 29.8 Å². The van der Waals surface area contributed by atoms with Gasteiger partial charge in [-0.15, -0.1) is 0 Å². The van der Waals surface area contributed by atoms with Gasteiger partial charge in [-0.3, -0.25) is 0 Å². The van der Waals surface area contributed by atoms with Crippen molar-refractivity contribution in [1.29, 1.82) is 0 Å². The molecule has 1 saturated carbocycles. The Bertz CT molecular complexity index is 317. The molecule has 1 aliphatic rings. The van der Waals surface area contributed by atoms with Crippen LogP contribution >= 0.6 is 0 Å². The van der Waals surface area contributed by atoms with Crippen LogP contribution in [-0.4, -0.2) is 22.3 Å². The average Bonchev–Trinajstić information content (AvgIpc) is 2.14. The third-order valence-electron chi connectivity index (χ3n) is 2.93. The molecule has 0 atom stereocenters. The summed E-state index contributed by atoms with van der Waals surface area (Å²) >= 11 is 0. The minimum Gasteiger partial charge on any atom is -0.423 e. The first-order valence-electron chi connectivity index (χ1n) is 4.81. The Hall–Kier alpha value is -0.835. The lowest BCUT2D eigenvalue weighted by Crippen LogP contribution is -2.35. The molecule has 0 heterocycles. The summed E-state index contributed by atoms with van der Waals surface area (Å²) in [6.07, 6.45) is 2.66. The second-order valence-corrected chi connectivity index (χ2v) is 3.88. The zero-order valence-electron chi connectivity index (χ0n) is 7.85. The van der Waals surface area contributed by atoms with Crippen LogP contribution in [0.3, 0.4) is 0 Å². The van der Waals surface area contributed by atoms with E-state index in [9.17, 15) is 5.11 Å². The fourth-order valence-electron chi connectivity index (χ4n) is 1.77. The van der Waals surface area contributed by atoms with E-state index in [-0.39, 0.29) is 0 Å². The van der Waals surface area contributed by atoms with Crippen molar-refractivity contribution in [1.82, 2.24) is 0 Å². The standard InChI is InChI=1S/C10H13BO3/c12-10(6-1-7-10)8-2-4-9(5-3-8)11(13)14/h2-5,12-14H,1,6-7H2. The molecule has 3 nitrogen and oxygen atoms in total. The topological polar surface area (TPSA) is 60.7 Å². The van der Waals surface area contributed by atoms with Crippen LogP contribution in [0.2, 0.25) is 0 Å². The van der Waals surface area contributed by atoms with Gasteiger partial charge < -0.3 is 15.2 Å². The maximum Gasteiger partial charge on any atom is 0.488 e. The second kappa shape index (κ2) is 3.39. The normalized spacial score (nSPS) is 18.8. The Labute approximate surface area is 83.2 Å². The maximum atomic E-state index is 9.99. The molecule has 0 unspecified atom stereocenters. The van der Waals surface area contributed by atoms with Crippen LogP contribution in [0.4, 0.5) is 0 Å². The van der Waals surface area contributed by atoms with Gasteiger partial charge in [0.25, 0.3) is 0 Å². The van der Waals surface area contributed by atoms with E-state index >= 15 is 0 Å². The van der Waals surface area contributed by atoms with E-state index < -0.39 is 12.7 Å². The molecule has 1 aliphatic carbocycles. The van der Waals surface area contributed by atoms with Crippen LogP contribution in [-0.2, 0) is 5.60 Å². The Morgan fingerprint density at radius 2 is 1.64 bits per heavy atom. The SMILES string of the molecule is OB(O)c1ccc(C2(O)CCC2)cc1. The molecule has 1 aromatic carbocycles. The van der Waals surface area contributed by atoms with Gasteiger partial charge in [-0.25, -0.2) is 0 Å². The summed E-state index contributed by atoms with van der Waals surface area (Å²) in [5.74, 6) is 0. The maximum absolute atomic E-state index is 9.99. The lowest BCUT2D eigenvalue weighted by atomic mass is 9.73. The molecule has 2 rings (SSSR count). The second-order valence-electron chi connectivity index (χ2n) is 3.88. The molecular weight excluding hydrogens is 179 g/mol. The third-order valence-corrected chi connectivity index (χ3v) is 2.93. The Morgan fingerprint density at radius 3 is 2.00 bits per heavy atom. The minimum absolute atomic E-state index is 0.455. The van der Waals surface area contributed by atoms with Crippen LogP contribution in [0.1, 0.15) is 24.8 Å². The van der Waals surface area contributed by atoms with Crippen LogP contribution in [0.25, 0.3) is 0 Å². The summed E-state index contributed by atoms with van der Waals surface area (Å²) in [6, 6.07) is 6.79. The minimum atomic E-state index is -1.43. The number of benzene rings is 1. The number of hydrogen-bond donors (Lipinski definition) is 3. The highest BCUT2D eigenvalue weighted by Gasteiger charge is 2.36. The van der Waals surface area contributed by atoms with Crippen LogP contribution < -0.4 is 5.46 Å². The zero-order chi connectivity index (χ0) is 10.2. The molecule has 1 fully saturated rings. The molecule has 1 aromatic rings. The average molecular weight is 192 g/mol. The number of aliphatic hydroxyl groups is 1. The molecule has 0 aromatic heterocycles. The number of hydrogen-bond acceptors (Lipinski definition) is 3. The van der Waals surface area contributed by atoms with Crippen LogP contribution in [0, 0.1) is 0 Å². The summed E-state index contributed by atoms with van der Waals surface area (Å²) in [5, 5.41) is 27.7. The van der Waals surface area contributed by atoms with Gasteiger partial charge in [-0.05, 0) is 30.3 Å². The van der Waals surface area contributed by atoms with Gasteiger partial charge in [0.15, 0.2) is 0 Å². The summed E-state index contributed by atoms with van der Waals surface area (Å²) < 4.78 is 0. The molecule has 0 radical (unpaired) electrons. The fraction of sp³-hybridized carbons (Fsp3) is 0.400. The largest absolute Gasteiger partial charge is 0.488 e. The number of rotatable bonds is 2. The molecule has 0 saturated heterocycles. The van der Waals surface area contributed by atoms with E-state index in [2.05, 4.69) is 0 Å². The molecule has 0 spiro atoms. The van der Waals surface area contributed by atoms with Gasteiger partial charge in [0.1, 0.15) is 0 Å². The van der Waals surface area contributed by atoms with Crippen molar-refractivity contribution in [3.63, 3.8) is 0 Å². The lowest BCUT2D eigenvalue weighted by molar-refractivity contribution is -0.0387. The molecular formula is C10H13BO3. The highest BCUT2D eigenvalue weighted by Crippen LogP contribution is 2.40. The van der Waals surface area contributed by atoms with E-state index in [0.717, 1.165) is 24.8 Å². The van der Waals surface area contributed by atoms with Gasteiger partial charge in [-0.2, -0.15) is 0 Å². The first-order chi connectivity index (χ1) is 6.62. The van der Waals surface area contributed by atoms with Gasteiger partial charge in [-0.1, -0.05) is 24.3 Å². The summed E-state index contributed by atoms with van der Waals surface area (Å²) in [5.41, 5.74) is 0.656. The van der Waals surface area contributed by atoms with Crippen LogP contribution in [0.5, 0.6) is 0 Å². The molecule has 0 amide bonds. The lowest BCUT2D eigenvalue weighted by Gasteiger charge is -2.37. The first kappa shape index (κ1) is 9.71. The molecule has 14 heavy (non-hydrogen) atoms. The van der Waals surface area contributed by atoms with E-state index in [1.54, 1.807) is 24.3 Å². The van der Waals surface area contributed by atoms with Gasteiger partial charge in [0, 0.05) is 0 Å². The van der Waals surface area contributed by atoms with Crippen molar-refractivity contribution in [2.24, 2.45) is 0 Å². The van der Waals surface area contributed by atoms with Crippen molar-refractivity contribution >= 4 is 12.6 Å². The highest BCUT2D eigenvalue weighted by molar-refractivity contribution is 6.58. The van der Waals surface area contributed by atoms with Crippen LogP contribution in [0.15, 0.2) is 24.3 Å². The quantitative estimate of drug-likeness (QED) is 0.565. The molecule has 0 aliphatic heterocycles. The molecule has 3 N–H and O–H groups in total. The highest BCUT2D eigenvalue weighted by atomic mass is 16.4. The van der Waals surface area contributed by atoms with E-state index in [4.69, 9.17) is 10.0 Å². The van der Waals surface area contributed by atoms with E-state index in [1.165, 1.54) is 0 Å². The van der Waals surface area contributed by atoms with Gasteiger partial charge >= 0.3 is 7.12 Å². The summed E-state index contributed by atoms with van der Waals surface area (Å²) in [4.78, 5) is 0. The van der Waals surface area contributed by atoms with E-state index in [1.807, 2.05) is 0 Å². The van der Waals surface area contributed by atoms with Crippen molar-refractivity contribution < 1.29 is 15.2 Å².